The van der Waals surface area contributed by atoms with E-state index in [1.54, 1.807) is 11.3 Å². The van der Waals surface area contributed by atoms with E-state index in [1.165, 1.54) is 22.2 Å². The molecule has 0 aliphatic carbocycles. The summed E-state index contributed by atoms with van der Waals surface area (Å²) >= 11 is 1.71. The van der Waals surface area contributed by atoms with Gasteiger partial charge in [-0.05, 0) is 17.7 Å². The number of rotatable bonds is 3. The summed E-state index contributed by atoms with van der Waals surface area (Å²) in [4.78, 5) is 13.2. The van der Waals surface area contributed by atoms with Crippen molar-refractivity contribution in [1.82, 2.24) is 5.32 Å². The van der Waals surface area contributed by atoms with Gasteiger partial charge in [0.2, 0.25) is 5.91 Å². The predicted molar refractivity (Wildman–Crippen MR) is 67.3 cm³/mol. The van der Waals surface area contributed by atoms with Gasteiger partial charge in [-0.25, -0.2) is 0 Å². The highest BCUT2D eigenvalue weighted by Crippen LogP contribution is 2.27. The van der Waals surface area contributed by atoms with E-state index in [9.17, 15) is 4.79 Å². The van der Waals surface area contributed by atoms with Crippen LogP contribution in [0.1, 0.15) is 11.8 Å². The van der Waals surface area contributed by atoms with Crippen LogP contribution in [0, 0.1) is 0 Å². The molecule has 0 aliphatic rings. The highest BCUT2D eigenvalue weighted by molar-refractivity contribution is 7.15. The molecule has 0 atom stereocenters. The van der Waals surface area contributed by atoms with Gasteiger partial charge < -0.3 is 5.32 Å². The van der Waals surface area contributed by atoms with E-state index in [1.807, 2.05) is 18.2 Å². The van der Waals surface area contributed by atoms with Crippen molar-refractivity contribution in [3.8, 4) is 10.4 Å². The van der Waals surface area contributed by atoms with E-state index < -0.39 is 0 Å². The van der Waals surface area contributed by atoms with Gasteiger partial charge in [0.1, 0.15) is 0 Å². The molecule has 2 aromatic rings. The van der Waals surface area contributed by atoms with Crippen molar-refractivity contribution in [2.24, 2.45) is 0 Å². The van der Waals surface area contributed by atoms with Gasteiger partial charge in [0.05, 0.1) is 6.54 Å². The van der Waals surface area contributed by atoms with Crippen LogP contribution < -0.4 is 5.32 Å². The number of carbonyl (C=O) groups is 1. The second-order valence-electron chi connectivity index (χ2n) is 3.54. The van der Waals surface area contributed by atoms with Crippen LogP contribution in [0.4, 0.5) is 0 Å². The van der Waals surface area contributed by atoms with Crippen LogP contribution in [0.15, 0.2) is 42.5 Å². The first-order valence-electron chi connectivity index (χ1n) is 5.14. The molecule has 16 heavy (non-hydrogen) atoms. The molecule has 3 heteroatoms. The van der Waals surface area contributed by atoms with Gasteiger partial charge >= 0.3 is 0 Å². The van der Waals surface area contributed by atoms with E-state index in [-0.39, 0.29) is 5.91 Å². The van der Waals surface area contributed by atoms with Gasteiger partial charge in [-0.15, -0.1) is 11.3 Å². The molecule has 82 valence electrons. The maximum atomic E-state index is 10.8. The Bertz CT molecular complexity index is 476. The smallest absolute Gasteiger partial charge is 0.217 e. The molecule has 0 saturated heterocycles. The molecule has 2 nitrogen and oxygen atoms in total. The van der Waals surface area contributed by atoms with E-state index in [0.29, 0.717) is 6.54 Å². The van der Waals surface area contributed by atoms with Crippen molar-refractivity contribution < 1.29 is 4.79 Å². The normalized spacial score (nSPS) is 10.1. The topological polar surface area (TPSA) is 29.1 Å². The zero-order chi connectivity index (χ0) is 11.4. The third kappa shape index (κ3) is 2.70. The van der Waals surface area contributed by atoms with Gasteiger partial charge in [-0.3, -0.25) is 4.79 Å². The Morgan fingerprint density at radius 3 is 2.62 bits per heavy atom. The molecule has 0 spiro atoms. The molecule has 1 N–H and O–H groups in total. The van der Waals surface area contributed by atoms with Gasteiger partial charge in [-0.1, -0.05) is 30.3 Å². The van der Waals surface area contributed by atoms with Crippen LogP contribution in [0.5, 0.6) is 0 Å². The quantitative estimate of drug-likeness (QED) is 0.864. The Morgan fingerprint density at radius 1 is 1.19 bits per heavy atom. The maximum Gasteiger partial charge on any atom is 0.217 e. The van der Waals surface area contributed by atoms with Gasteiger partial charge in [-0.2, -0.15) is 0 Å². The minimum atomic E-state index is 0.00895. The fraction of sp³-hybridized carbons (Fsp3) is 0.154. The third-order valence-corrected chi connectivity index (χ3v) is 3.37. The molecule has 2 rings (SSSR count). The second kappa shape index (κ2) is 4.94. The first-order chi connectivity index (χ1) is 7.75. The van der Waals surface area contributed by atoms with Crippen molar-refractivity contribution in [2.45, 2.75) is 13.5 Å². The minimum absolute atomic E-state index is 0.00895. The first-order valence-corrected chi connectivity index (χ1v) is 5.96. The molecule has 1 aromatic carbocycles. The van der Waals surface area contributed by atoms with Crippen LogP contribution in [0.25, 0.3) is 10.4 Å². The lowest BCUT2D eigenvalue weighted by Crippen LogP contribution is -2.17. The fourth-order valence-electron chi connectivity index (χ4n) is 1.44. The summed E-state index contributed by atoms with van der Waals surface area (Å²) in [7, 11) is 0. The lowest BCUT2D eigenvalue weighted by molar-refractivity contribution is -0.119. The zero-order valence-electron chi connectivity index (χ0n) is 9.07. The lowest BCUT2D eigenvalue weighted by Gasteiger charge is -1.98. The number of hydrogen-bond donors (Lipinski definition) is 1. The highest BCUT2D eigenvalue weighted by atomic mass is 32.1. The van der Waals surface area contributed by atoms with Crippen LogP contribution in [-0.4, -0.2) is 5.91 Å². The van der Waals surface area contributed by atoms with Crippen LogP contribution in [0.2, 0.25) is 0 Å². The number of benzene rings is 1. The highest BCUT2D eigenvalue weighted by Gasteiger charge is 2.02. The first kappa shape index (κ1) is 10.9. The molecular formula is C13H13NOS. The Balaban J connectivity index is 2.11. The maximum absolute atomic E-state index is 10.8. The molecule has 0 saturated carbocycles. The Labute approximate surface area is 98.9 Å². The summed E-state index contributed by atoms with van der Waals surface area (Å²) in [6, 6.07) is 14.4. The molecule has 0 fully saturated rings. The zero-order valence-corrected chi connectivity index (χ0v) is 9.88. The molecule has 1 amide bonds. The van der Waals surface area contributed by atoms with Crippen LogP contribution >= 0.6 is 11.3 Å². The van der Waals surface area contributed by atoms with Crippen molar-refractivity contribution in [3.63, 3.8) is 0 Å². The summed E-state index contributed by atoms with van der Waals surface area (Å²) in [6.07, 6.45) is 0. The lowest BCUT2D eigenvalue weighted by atomic mass is 10.2. The van der Waals surface area contributed by atoms with Crippen LogP contribution in [-0.2, 0) is 11.3 Å². The molecular weight excluding hydrogens is 218 g/mol. The summed E-state index contributed by atoms with van der Waals surface area (Å²) in [5.41, 5.74) is 1.22. The number of thiophene rings is 1. The number of hydrogen-bond acceptors (Lipinski definition) is 2. The third-order valence-electron chi connectivity index (χ3n) is 2.23. The molecule has 1 heterocycles. The molecule has 0 aliphatic heterocycles. The van der Waals surface area contributed by atoms with Crippen molar-refractivity contribution in [3.05, 3.63) is 47.3 Å². The van der Waals surface area contributed by atoms with Gasteiger partial charge in [0.25, 0.3) is 0 Å². The van der Waals surface area contributed by atoms with E-state index >= 15 is 0 Å². The molecule has 0 radical (unpaired) electrons. The van der Waals surface area contributed by atoms with Gasteiger partial charge in [0, 0.05) is 16.7 Å². The van der Waals surface area contributed by atoms with E-state index in [0.717, 1.165) is 0 Å². The summed E-state index contributed by atoms with van der Waals surface area (Å²) < 4.78 is 0. The Morgan fingerprint density at radius 2 is 1.94 bits per heavy atom. The Kier molecular flexibility index (Phi) is 3.37. The fourth-order valence-corrected chi connectivity index (χ4v) is 2.39. The van der Waals surface area contributed by atoms with Crippen molar-refractivity contribution in [2.75, 3.05) is 0 Å². The number of amides is 1. The monoisotopic (exact) mass is 231 g/mol. The molecule has 0 bridgehead atoms. The predicted octanol–water partition coefficient (Wildman–Crippen LogP) is 3.05. The molecule has 1 aromatic heterocycles. The van der Waals surface area contributed by atoms with E-state index in [2.05, 4.69) is 29.6 Å². The minimum Gasteiger partial charge on any atom is -0.351 e. The van der Waals surface area contributed by atoms with Crippen molar-refractivity contribution >= 4 is 17.2 Å². The van der Waals surface area contributed by atoms with Crippen LogP contribution in [0.3, 0.4) is 0 Å². The van der Waals surface area contributed by atoms with Gasteiger partial charge in [0.15, 0.2) is 0 Å². The summed E-state index contributed by atoms with van der Waals surface area (Å²) in [6.45, 7) is 2.15. The molecule has 0 unspecified atom stereocenters. The average Bonchev–Trinajstić information content (AvgIpc) is 2.76. The van der Waals surface area contributed by atoms with E-state index in [4.69, 9.17) is 0 Å². The number of carbonyl (C=O) groups excluding carboxylic acids is 1. The number of nitrogens with one attached hydrogen (secondary N) is 1. The second-order valence-corrected chi connectivity index (χ2v) is 4.71. The standard InChI is InChI=1S/C13H13NOS/c1-10(15)14-9-12-7-8-13(16-12)11-5-3-2-4-6-11/h2-8H,9H2,1H3,(H,14,15). The summed E-state index contributed by atoms with van der Waals surface area (Å²) in [5.74, 6) is 0.00895. The SMILES string of the molecule is CC(=O)NCc1ccc(-c2ccccc2)s1. The Hall–Kier alpha value is -1.61. The largest absolute Gasteiger partial charge is 0.351 e. The average molecular weight is 231 g/mol. The van der Waals surface area contributed by atoms with Crippen molar-refractivity contribution in [1.29, 1.82) is 0 Å². The summed E-state index contributed by atoms with van der Waals surface area (Å²) in [5, 5.41) is 2.80.